The van der Waals surface area contributed by atoms with Crippen LogP contribution in [0.15, 0.2) is 29.1 Å². The van der Waals surface area contributed by atoms with Crippen LogP contribution in [-0.4, -0.2) is 35.3 Å². The molecule has 1 heterocycles. The predicted octanol–water partition coefficient (Wildman–Crippen LogP) is 2.95. The van der Waals surface area contributed by atoms with Crippen LogP contribution in [0.1, 0.15) is 41.3 Å². The van der Waals surface area contributed by atoms with Crippen LogP contribution in [0.2, 0.25) is 0 Å². The minimum atomic E-state index is -0.985. The van der Waals surface area contributed by atoms with Crippen molar-refractivity contribution < 1.29 is 23.8 Å². The summed E-state index contributed by atoms with van der Waals surface area (Å²) in [5.74, 6) is -1.22. The van der Waals surface area contributed by atoms with E-state index in [-0.39, 0.29) is 35.4 Å². The van der Waals surface area contributed by atoms with Crippen molar-refractivity contribution in [3.8, 4) is 17.7 Å². The zero-order chi connectivity index (χ0) is 21.6. The number of hydrogen-bond donors (Lipinski definition) is 1. The predicted molar refractivity (Wildman–Crippen MR) is 104 cm³/mol. The van der Waals surface area contributed by atoms with Gasteiger partial charge in [0.1, 0.15) is 23.2 Å². The van der Waals surface area contributed by atoms with Crippen LogP contribution in [0.25, 0.3) is 0 Å². The minimum absolute atomic E-state index is 0.0867. The molecule has 0 saturated carbocycles. The van der Waals surface area contributed by atoms with Crippen LogP contribution in [0.3, 0.4) is 0 Å². The van der Waals surface area contributed by atoms with E-state index in [2.05, 4.69) is 0 Å². The van der Waals surface area contributed by atoms with Gasteiger partial charge in [-0.05, 0) is 49.6 Å². The molecule has 8 heteroatoms. The number of ketones is 1. The maximum absolute atomic E-state index is 13.1. The molecular formula is C21H23FN2O5. The van der Waals surface area contributed by atoms with Gasteiger partial charge in [-0.3, -0.25) is 14.2 Å². The lowest BCUT2D eigenvalue weighted by Gasteiger charge is -2.20. The topological polar surface area (TPSA) is 102 Å². The van der Waals surface area contributed by atoms with Crippen molar-refractivity contribution in [1.29, 1.82) is 5.26 Å². The van der Waals surface area contributed by atoms with E-state index in [0.717, 1.165) is 4.57 Å². The van der Waals surface area contributed by atoms with Crippen molar-refractivity contribution in [2.75, 3.05) is 13.7 Å². The number of benzene rings is 1. The second kappa shape index (κ2) is 9.85. The van der Waals surface area contributed by atoms with Crippen molar-refractivity contribution in [2.45, 2.75) is 39.3 Å². The molecular weight excluding hydrogens is 379 g/mol. The van der Waals surface area contributed by atoms with Crippen LogP contribution in [-0.2, 0) is 11.3 Å². The Morgan fingerprint density at radius 2 is 2.00 bits per heavy atom. The van der Waals surface area contributed by atoms with Gasteiger partial charge >= 0.3 is 0 Å². The molecule has 0 saturated heterocycles. The number of halogens is 1. The molecule has 1 unspecified atom stereocenters. The molecule has 1 atom stereocenters. The quantitative estimate of drug-likeness (QED) is 0.511. The third kappa shape index (κ3) is 4.81. The Labute approximate surface area is 167 Å². The molecule has 0 spiro atoms. The highest BCUT2D eigenvalue weighted by Crippen LogP contribution is 2.26. The molecule has 0 aliphatic rings. The van der Waals surface area contributed by atoms with Gasteiger partial charge in [-0.25, -0.2) is 4.39 Å². The number of Topliss-reactive ketones (excluding diaryl/α,β-unsaturated/α-hetero) is 1. The van der Waals surface area contributed by atoms with E-state index in [1.54, 1.807) is 6.92 Å². The fourth-order valence-electron chi connectivity index (χ4n) is 2.98. The van der Waals surface area contributed by atoms with Gasteiger partial charge in [0.05, 0.1) is 5.56 Å². The van der Waals surface area contributed by atoms with E-state index in [1.807, 2.05) is 6.07 Å². The molecule has 7 nitrogen and oxygen atoms in total. The molecule has 0 fully saturated rings. The lowest BCUT2D eigenvalue weighted by Crippen LogP contribution is -2.32. The second-order valence-corrected chi connectivity index (χ2v) is 6.45. The molecule has 1 aromatic carbocycles. The lowest BCUT2D eigenvalue weighted by atomic mass is 9.97. The normalized spacial score (nSPS) is 11.7. The summed E-state index contributed by atoms with van der Waals surface area (Å²) in [6.45, 7) is 3.59. The molecule has 154 valence electrons. The highest BCUT2D eigenvalue weighted by atomic mass is 19.1. The number of pyridine rings is 1. The number of carbonyl (C=O) groups excluding carboxylic acids is 1. The molecule has 2 rings (SSSR count). The van der Waals surface area contributed by atoms with Crippen molar-refractivity contribution in [3.63, 3.8) is 0 Å². The average molecular weight is 402 g/mol. The number of rotatable bonds is 9. The second-order valence-electron chi connectivity index (χ2n) is 6.45. The number of carbonyl (C=O) groups is 1. The molecule has 2 aromatic rings. The molecule has 0 amide bonds. The molecule has 0 aliphatic carbocycles. The Balaban J connectivity index is 2.48. The smallest absolute Gasteiger partial charge is 0.271 e. The van der Waals surface area contributed by atoms with Gasteiger partial charge in [0.25, 0.3) is 5.56 Å². The zero-order valence-electron chi connectivity index (χ0n) is 16.6. The Hall–Kier alpha value is -3.18. The first-order valence-electron chi connectivity index (χ1n) is 9.17. The van der Waals surface area contributed by atoms with Gasteiger partial charge < -0.3 is 14.6 Å². The monoisotopic (exact) mass is 402 g/mol. The number of aromatic hydroxyl groups is 1. The van der Waals surface area contributed by atoms with Crippen molar-refractivity contribution in [1.82, 2.24) is 4.57 Å². The molecule has 29 heavy (non-hydrogen) atoms. The van der Waals surface area contributed by atoms with E-state index in [0.29, 0.717) is 13.0 Å². The molecule has 0 radical (unpaired) electrons. The molecule has 0 aliphatic heterocycles. The maximum atomic E-state index is 13.1. The first-order valence-corrected chi connectivity index (χ1v) is 9.17. The number of nitriles is 1. The number of aromatic nitrogens is 1. The minimum Gasteiger partial charge on any atom is -0.494 e. The van der Waals surface area contributed by atoms with Crippen LogP contribution in [0.5, 0.6) is 11.6 Å². The number of nitrogens with zero attached hydrogens (tertiary/aromatic N) is 2. The molecule has 1 aromatic heterocycles. The standard InChI is InChI=1S/C21H23FN2O5/c1-4-17(29-15-8-6-14(22)7-9-15)19(25)18-13(2)16(12-23)20(26)24(21(18)27)10-5-11-28-3/h6-9,17,27H,4-5,10-11H2,1-3H3. The van der Waals surface area contributed by atoms with Crippen LogP contribution in [0.4, 0.5) is 4.39 Å². The Morgan fingerprint density at radius 1 is 1.34 bits per heavy atom. The summed E-state index contributed by atoms with van der Waals surface area (Å²) in [7, 11) is 1.51. The summed E-state index contributed by atoms with van der Waals surface area (Å²) in [4.78, 5) is 25.7. The van der Waals surface area contributed by atoms with E-state index in [4.69, 9.17) is 9.47 Å². The molecule has 0 bridgehead atoms. The SMILES string of the molecule is CCC(Oc1ccc(F)cc1)C(=O)c1c(C)c(C#N)c(=O)n(CCCOC)c1O. The summed E-state index contributed by atoms with van der Waals surface area (Å²) in [5, 5.41) is 20.1. The lowest BCUT2D eigenvalue weighted by molar-refractivity contribution is 0.0781. The van der Waals surface area contributed by atoms with Gasteiger partial charge in [0, 0.05) is 20.3 Å². The van der Waals surface area contributed by atoms with Crippen molar-refractivity contribution in [2.24, 2.45) is 0 Å². The summed E-state index contributed by atoms with van der Waals surface area (Å²) in [6, 6.07) is 7.02. The van der Waals surface area contributed by atoms with E-state index in [9.17, 15) is 24.3 Å². The van der Waals surface area contributed by atoms with Crippen molar-refractivity contribution in [3.05, 3.63) is 57.1 Å². The van der Waals surface area contributed by atoms with Crippen LogP contribution in [0, 0.1) is 24.1 Å². The Bertz CT molecular complexity index is 977. The van der Waals surface area contributed by atoms with Gasteiger partial charge in [0.2, 0.25) is 11.7 Å². The highest BCUT2D eigenvalue weighted by molar-refractivity contribution is 6.03. The van der Waals surface area contributed by atoms with E-state index < -0.39 is 29.1 Å². The largest absolute Gasteiger partial charge is 0.494 e. The summed E-state index contributed by atoms with van der Waals surface area (Å²) in [5.41, 5.74) is -0.903. The van der Waals surface area contributed by atoms with Gasteiger partial charge in [-0.15, -0.1) is 0 Å². The van der Waals surface area contributed by atoms with E-state index >= 15 is 0 Å². The number of methoxy groups -OCH3 is 1. The van der Waals surface area contributed by atoms with Gasteiger partial charge in [-0.2, -0.15) is 5.26 Å². The Kier molecular flexibility index (Phi) is 7.51. The maximum Gasteiger partial charge on any atom is 0.271 e. The third-order valence-corrected chi connectivity index (χ3v) is 4.53. The summed E-state index contributed by atoms with van der Waals surface area (Å²) >= 11 is 0. The summed E-state index contributed by atoms with van der Waals surface area (Å²) < 4.78 is 24.7. The van der Waals surface area contributed by atoms with Crippen LogP contribution < -0.4 is 10.3 Å². The first kappa shape index (κ1) is 22.1. The fraction of sp³-hybridized carbons (Fsp3) is 0.381. The first-order chi connectivity index (χ1) is 13.8. The fourth-order valence-corrected chi connectivity index (χ4v) is 2.98. The zero-order valence-corrected chi connectivity index (χ0v) is 16.6. The van der Waals surface area contributed by atoms with Crippen molar-refractivity contribution >= 4 is 5.78 Å². The van der Waals surface area contributed by atoms with Crippen LogP contribution >= 0.6 is 0 Å². The highest BCUT2D eigenvalue weighted by Gasteiger charge is 2.29. The molecule has 1 N–H and O–H groups in total. The number of ether oxygens (including phenoxy) is 2. The van der Waals surface area contributed by atoms with Gasteiger partial charge in [-0.1, -0.05) is 6.92 Å². The van der Waals surface area contributed by atoms with E-state index in [1.165, 1.54) is 38.3 Å². The third-order valence-electron chi connectivity index (χ3n) is 4.53. The average Bonchev–Trinajstić information content (AvgIpc) is 2.70. The summed E-state index contributed by atoms with van der Waals surface area (Å²) in [6.07, 6.45) is -0.310. The Morgan fingerprint density at radius 3 is 2.55 bits per heavy atom. The number of hydrogen-bond acceptors (Lipinski definition) is 6. The van der Waals surface area contributed by atoms with Gasteiger partial charge in [0.15, 0.2) is 6.10 Å².